The van der Waals surface area contributed by atoms with Crippen LogP contribution in [0.3, 0.4) is 0 Å². The summed E-state index contributed by atoms with van der Waals surface area (Å²) >= 11 is 1.73. The fourth-order valence-electron chi connectivity index (χ4n) is 5.48. The van der Waals surface area contributed by atoms with Gasteiger partial charge >= 0.3 is 6.18 Å². The van der Waals surface area contributed by atoms with Crippen LogP contribution in [0.2, 0.25) is 0 Å². The van der Waals surface area contributed by atoms with Crippen LogP contribution < -0.4 is 15.9 Å². The van der Waals surface area contributed by atoms with Gasteiger partial charge in [-0.1, -0.05) is 48.6 Å². The second-order valence-electron chi connectivity index (χ2n) is 9.26. The molecular weight excluding hydrogens is 453 g/mol. The van der Waals surface area contributed by atoms with Crippen LogP contribution in [0.25, 0.3) is 22.2 Å². The SMILES string of the molecule is C[C@@]12C=CC1c1ccsc1C1=c3cc4ccccc4cc3=C(c3ccc(C(F)(F)F)cc3)NN12. The highest BCUT2D eigenvalue weighted by Gasteiger charge is 2.51. The van der Waals surface area contributed by atoms with E-state index in [1.165, 1.54) is 10.4 Å². The van der Waals surface area contributed by atoms with Gasteiger partial charge in [0.2, 0.25) is 0 Å². The van der Waals surface area contributed by atoms with E-state index < -0.39 is 11.7 Å². The van der Waals surface area contributed by atoms with E-state index in [2.05, 4.69) is 65.2 Å². The average molecular weight is 473 g/mol. The minimum atomic E-state index is -4.36. The maximum Gasteiger partial charge on any atom is 0.416 e. The first kappa shape index (κ1) is 19.9. The number of hydrogen-bond acceptors (Lipinski definition) is 3. The third-order valence-corrected chi connectivity index (χ3v) is 8.28. The molecule has 3 aliphatic rings. The minimum Gasteiger partial charge on any atom is -0.296 e. The molecule has 1 N–H and O–H groups in total. The minimum absolute atomic E-state index is 0.260. The molecule has 6 heteroatoms. The maximum atomic E-state index is 13.2. The van der Waals surface area contributed by atoms with Gasteiger partial charge < -0.3 is 0 Å². The van der Waals surface area contributed by atoms with Crippen molar-refractivity contribution in [1.29, 1.82) is 0 Å². The first-order chi connectivity index (χ1) is 16.3. The van der Waals surface area contributed by atoms with Crippen molar-refractivity contribution in [3.05, 3.63) is 116 Å². The van der Waals surface area contributed by atoms with E-state index >= 15 is 0 Å². The molecule has 0 radical (unpaired) electrons. The van der Waals surface area contributed by atoms with E-state index in [1.54, 1.807) is 23.5 Å². The van der Waals surface area contributed by atoms with E-state index in [9.17, 15) is 13.2 Å². The van der Waals surface area contributed by atoms with E-state index in [0.29, 0.717) is 0 Å². The highest BCUT2D eigenvalue weighted by atomic mass is 32.1. The summed E-state index contributed by atoms with van der Waals surface area (Å²) in [5.74, 6) is 0.265. The van der Waals surface area contributed by atoms with Gasteiger partial charge in [-0.05, 0) is 59.0 Å². The Balaban J connectivity index is 1.59. The number of hydrogen-bond donors (Lipinski definition) is 1. The Morgan fingerprint density at radius 3 is 2.29 bits per heavy atom. The fourth-order valence-corrected chi connectivity index (χ4v) is 6.48. The number of rotatable bonds is 1. The first-order valence-corrected chi connectivity index (χ1v) is 12.0. The molecule has 2 nitrogen and oxygen atoms in total. The van der Waals surface area contributed by atoms with Crippen molar-refractivity contribution in [2.45, 2.75) is 24.6 Å². The van der Waals surface area contributed by atoms with E-state index in [4.69, 9.17) is 0 Å². The highest BCUT2D eigenvalue weighted by Crippen LogP contribution is 2.53. The summed E-state index contributed by atoms with van der Waals surface area (Å²) in [7, 11) is 0. The Morgan fingerprint density at radius 2 is 1.65 bits per heavy atom. The van der Waals surface area contributed by atoms with Gasteiger partial charge in [0, 0.05) is 21.9 Å². The molecule has 3 aromatic carbocycles. The van der Waals surface area contributed by atoms with Crippen LogP contribution in [0.5, 0.6) is 0 Å². The molecule has 0 saturated heterocycles. The molecule has 1 aliphatic carbocycles. The summed E-state index contributed by atoms with van der Waals surface area (Å²) in [6, 6.07) is 20.2. The molecule has 34 heavy (non-hydrogen) atoms. The van der Waals surface area contributed by atoms with Crippen molar-refractivity contribution in [1.82, 2.24) is 10.4 Å². The molecule has 3 heterocycles. The van der Waals surface area contributed by atoms with Gasteiger partial charge in [-0.3, -0.25) is 10.4 Å². The molecule has 0 amide bonds. The smallest absolute Gasteiger partial charge is 0.296 e. The van der Waals surface area contributed by atoms with Crippen LogP contribution >= 0.6 is 11.3 Å². The lowest BCUT2D eigenvalue weighted by Gasteiger charge is -2.55. The summed E-state index contributed by atoms with van der Waals surface area (Å²) in [6.45, 7) is 2.21. The quantitative estimate of drug-likeness (QED) is 0.369. The zero-order valence-electron chi connectivity index (χ0n) is 18.1. The van der Waals surface area contributed by atoms with Crippen molar-refractivity contribution >= 4 is 33.5 Å². The lowest BCUT2D eigenvalue weighted by Crippen LogP contribution is -2.64. The molecule has 7 rings (SSSR count). The second kappa shape index (κ2) is 6.54. The predicted octanol–water partition coefficient (Wildman–Crippen LogP) is 5.48. The maximum absolute atomic E-state index is 13.2. The molecule has 168 valence electrons. The van der Waals surface area contributed by atoms with Gasteiger partial charge in [0.25, 0.3) is 0 Å². The second-order valence-corrected chi connectivity index (χ2v) is 10.2. The van der Waals surface area contributed by atoms with Crippen molar-refractivity contribution in [2.75, 3.05) is 0 Å². The number of alkyl halides is 3. The van der Waals surface area contributed by atoms with Crippen molar-refractivity contribution < 1.29 is 13.2 Å². The summed E-state index contributed by atoms with van der Waals surface area (Å²) in [5, 5.41) is 8.68. The zero-order valence-corrected chi connectivity index (χ0v) is 19.0. The standard InChI is InChI=1S/C28H19F3N2S/c1-27-12-10-23(27)20-11-13-34-26(20)25-22-15-18-5-3-2-4-17(18)14-21(22)24(32-33(25)27)16-6-8-19(9-7-16)28(29,30)31/h2-15,23,32H,1H3/t23?,27-/m1/s1. The normalized spacial score (nSPS) is 22.5. The third kappa shape index (κ3) is 2.57. The molecule has 2 atom stereocenters. The zero-order chi connectivity index (χ0) is 23.2. The number of halogens is 3. The highest BCUT2D eigenvalue weighted by molar-refractivity contribution is 7.11. The summed E-state index contributed by atoms with van der Waals surface area (Å²) in [4.78, 5) is 1.24. The molecule has 0 saturated carbocycles. The number of thiophene rings is 1. The molecular formula is C28H19F3N2S. The number of nitrogens with one attached hydrogen (secondary N) is 1. The fraction of sp³-hybridized carbons (Fsp3) is 0.143. The van der Waals surface area contributed by atoms with Gasteiger partial charge in [0.1, 0.15) is 0 Å². The van der Waals surface area contributed by atoms with Crippen LogP contribution in [0.15, 0.2) is 84.3 Å². The van der Waals surface area contributed by atoms with Crippen LogP contribution in [0, 0.1) is 0 Å². The van der Waals surface area contributed by atoms with E-state index in [-0.39, 0.29) is 11.5 Å². The molecule has 0 fully saturated rings. The van der Waals surface area contributed by atoms with Gasteiger partial charge in [0.05, 0.1) is 27.4 Å². The lowest BCUT2D eigenvalue weighted by atomic mass is 9.68. The Hall–Kier alpha value is -3.51. The number of fused-ring (bicyclic) bond motifs is 8. The topological polar surface area (TPSA) is 15.3 Å². The van der Waals surface area contributed by atoms with Crippen LogP contribution in [-0.4, -0.2) is 10.5 Å². The Bertz CT molecular complexity index is 1650. The Kier molecular flexibility index (Phi) is 3.83. The number of nitrogens with zero attached hydrogens (tertiary/aromatic N) is 1. The van der Waals surface area contributed by atoms with Crippen LogP contribution in [-0.2, 0) is 6.18 Å². The van der Waals surface area contributed by atoms with E-state index in [0.717, 1.165) is 50.3 Å². The molecule has 2 aliphatic heterocycles. The largest absolute Gasteiger partial charge is 0.416 e. The summed E-state index contributed by atoms with van der Waals surface area (Å²) < 4.78 is 39.7. The monoisotopic (exact) mass is 472 g/mol. The lowest BCUT2D eigenvalue weighted by molar-refractivity contribution is -0.137. The predicted molar refractivity (Wildman–Crippen MR) is 129 cm³/mol. The molecule has 1 aromatic heterocycles. The number of hydrazine groups is 1. The molecule has 1 unspecified atom stereocenters. The van der Waals surface area contributed by atoms with Crippen LogP contribution in [0.4, 0.5) is 13.2 Å². The molecule has 0 spiro atoms. The van der Waals surface area contributed by atoms with Gasteiger partial charge in [-0.2, -0.15) is 13.2 Å². The Labute approximate surface area is 197 Å². The van der Waals surface area contributed by atoms with Crippen LogP contribution in [0.1, 0.15) is 34.4 Å². The summed E-state index contributed by atoms with van der Waals surface area (Å²) in [6.07, 6.45) is 0.0809. The first-order valence-electron chi connectivity index (χ1n) is 11.1. The van der Waals surface area contributed by atoms with E-state index in [1.807, 2.05) is 12.1 Å². The molecule has 0 bridgehead atoms. The Morgan fingerprint density at radius 1 is 0.941 bits per heavy atom. The van der Waals surface area contributed by atoms with Gasteiger partial charge in [-0.15, -0.1) is 11.3 Å². The van der Waals surface area contributed by atoms with Gasteiger partial charge in [-0.25, -0.2) is 0 Å². The average Bonchev–Trinajstić information content (AvgIpc) is 3.28. The van der Waals surface area contributed by atoms with Gasteiger partial charge in [0.15, 0.2) is 0 Å². The third-order valence-electron chi connectivity index (χ3n) is 7.34. The van der Waals surface area contributed by atoms with Crippen molar-refractivity contribution in [2.24, 2.45) is 0 Å². The number of benzene rings is 3. The van der Waals surface area contributed by atoms with Crippen molar-refractivity contribution in [3.63, 3.8) is 0 Å². The molecule has 4 aromatic rings. The summed E-state index contributed by atoms with van der Waals surface area (Å²) in [5.41, 5.74) is 6.74. The van der Waals surface area contributed by atoms with Crippen molar-refractivity contribution in [3.8, 4) is 0 Å².